The van der Waals surface area contributed by atoms with Crippen LogP contribution in [0.15, 0.2) is 72.8 Å². The summed E-state index contributed by atoms with van der Waals surface area (Å²) in [6, 6.07) is 13.2. The van der Waals surface area contributed by atoms with Crippen LogP contribution in [0.25, 0.3) is 0 Å². The van der Waals surface area contributed by atoms with Crippen LogP contribution in [0.4, 0.5) is 4.79 Å². The summed E-state index contributed by atoms with van der Waals surface area (Å²) in [5, 5.41) is 0. The fraction of sp³-hybridized carbons (Fsp3) is 0.620. The first-order chi connectivity index (χ1) is 27.9. The van der Waals surface area contributed by atoms with Gasteiger partial charge in [-0.2, -0.15) is 0 Å². The molecule has 0 radical (unpaired) electrons. The fourth-order valence-corrected chi connectivity index (χ4v) is 11.4. The molecule has 0 saturated heterocycles. The summed E-state index contributed by atoms with van der Waals surface area (Å²) in [6.07, 6.45) is 19.8. The third-order valence-electron chi connectivity index (χ3n) is 14.6. The van der Waals surface area contributed by atoms with E-state index in [-0.39, 0.29) is 11.5 Å². The maximum atomic E-state index is 13.0. The Morgan fingerprint density at radius 3 is 2.17 bits per heavy atom. The number of esters is 2. The zero-order valence-electron chi connectivity index (χ0n) is 35.8. The van der Waals surface area contributed by atoms with Crippen LogP contribution in [0.5, 0.6) is 17.2 Å². The van der Waals surface area contributed by atoms with E-state index in [0.29, 0.717) is 41.4 Å². The first kappa shape index (κ1) is 43.5. The van der Waals surface area contributed by atoms with Gasteiger partial charge in [0, 0.05) is 12.5 Å². The second-order valence-corrected chi connectivity index (χ2v) is 18.6. The highest BCUT2D eigenvalue weighted by molar-refractivity contribution is 5.91. The van der Waals surface area contributed by atoms with Gasteiger partial charge in [0.1, 0.15) is 23.4 Å². The van der Waals surface area contributed by atoms with Crippen molar-refractivity contribution in [2.24, 2.45) is 46.3 Å². The number of hydrogen-bond acceptors (Lipinski definition) is 8. The van der Waals surface area contributed by atoms with Crippen molar-refractivity contribution in [3.05, 3.63) is 78.4 Å². The Morgan fingerprint density at radius 1 is 0.776 bits per heavy atom. The van der Waals surface area contributed by atoms with Gasteiger partial charge in [0.2, 0.25) is 0 Å². The van der Waals surface area contributed by atoms with E-state index >= 15 is 0 Å². The van der Waals surface area contributed by atoms with E-state index in [2.05, 4.69) is 47.3 Å². The van der Waals surface area contributed by atoms with Gasteiger partial charge in [-0.3, -0.25) is 0 Å². The van der Waals surface area contributed by atoms with Crippen LogP contribution in [-0.4, -0.2) is 37.4 Å². The molecule has 4 aliphatic carbocycles. The third kappa shape index (κ3) is 10.6. The molecule has 0 aliphatic heterocycles. The Morgan fingerprint density at radius 2 is 1.47 bits per heavy atom. The molecule has 316 valence electrons. The number of carbonyl (C=O) groups excluding carboxylic acids is 3. The molecule has 0 spiro atoms. The van der Waals surface area contributed by atoms with Crippen molar-refractivity contribution in [2.75, 3.05) is 13.2 Å². The lowest BCUT2D eigenvalue weighted by Gasteiger charge is -2.58. The van der Waals surface area contributed by atoms with Crippen molar-refractivity contribution < 1.29 is 38.1 Å². The predicted molar refractivity (Wildman–Crippen MR) is 227 cm³/mol. The van der Waals surface area contributed by atoms with Crippen molar-refractivity contribution in [1.82, 2.24) is 0 Å². The van der Waals surface area contributed by atoms with Gasteiger partial charge in [0.05, 0.1) is 18.8 Å². The van der Waals surface area contributed by atoms with Crippen LogP contribution in [0.1, 0.15) is 141 Å². The lowest BCUT2D eigenvalue weighted by Crippen LogP contribution is -2.51. The number of carbonyl (C=O) groups is 3. The molecule has 2 aromatic rings. The number of ether oxygens (including phenoxy) is 5. The first-order valence-corrected chi connectivity index (χ1v) is 22.3. The van der Waals surface area contributed by atoms with Gasteiger partial charge in [-0.25, -0.2) is 14.4 Å². The Hall–Kier alpha value is -4.07. The van der Waals surface area contributed by atoms with Crippen LogP contribution in [0.3, 0.4) is 0 Å². The van der Waals surface area contributed by atoms with E-state index in [1.807, 2.05) is 0 Å². The van der Waals surface area contributed by atoms with E-state index in [9.17, 15) is 14.4 Å². The Labute approximate surface area is 347 Å². The first-order valence-electron chi connectivity index (χ1n) is 22.3. The number of rotatable bonds is 18. The van der Waals surface area contributed by atoms with Gasteiger partial charge in [-0.1, -0.05) is 72.1 Å². The zero-order valence-corrected chi connectivity index (χ0v) is 35.8. The molecule has 3 fully saturated rings. The van der Waals surface area contributed by atoms with Gasteiger partial charge in [-0.15, -0.1) is 0 Å². The van der Waals surface area contributed by atoms with E-state index in [4.69, 9.17) is 23.7 Å². The van der Waals surface area contributed by atoms with Crippen molar-refractivity contribution in [3.8, 4) is 17.2 Å². The Bertz CT molecular complexity index is 1730. The third-order valence-corrected chi connectivity index (χ3v) is 14.6. The zero-order chi connectivity index (χ0) is 41.3. The second-order valence-electron chi connectivity index (χ2n) is 18.6. The standard InChI is InChI=1S/C50H68O8/c1-7-46(51)55-32-11-9-8-10-31-54-38-18-15-36(16-19-38)47(52)56-39-20-22-40(23-21-39)57-48(53)58-41-27-29-49(5)37(33-41)17-24-42-44-26-25-43(35(4)14-12-13-34(2)3)50(44,6)30-28-45(42)49/h7,15-23,34-35,41-45H,1,8-14,24-33H2,2-6H3/t35-,41?,42+,43-,44+,45+,49+,50-/m1/s1. The molecule has 2 aromatic carbocycles. The monoisotopic (exact) mass is 796 g/mol. The van der Waals surface area contributed by atoms with Crippen molar-refractivity contribution >= 4 is 18.1 Å². The summed E-state index contributed by atoms with van der Waals surface area (Å²) in [5.74, 6) is 5.23. The molecule has 8 heteroatoms. The van der Waals surface area contributed by atoms with Gasteiger partial charge in [-0.05, 0) is 165 Å². The molecule has 8 nitrogen and oxygen atoms in total. The molecule has 1 unspecified atom stereocenters. The van der Waals surface area contributed by atoms with Gasteiger partial charge < -0.3 is 23.7 Å². The van der Waals surface area contributed by atoms with Crippen LogP contribution >= 0.6 is 0 Å². The number of allylic oxidation sites excluding steroid dienone is 1. The van der Waals surface area contributed by atoms with Gasteiger partial charge >= 0.3 is 18.1 Å². The molecule has 58 heavy (non-hydrogen) atoms. The average Bonchev–Trinajstić information content (AvgIpc) is 3.57. The van der Waals surface area contributed by atoms with Crippen LogP contribution in [0.2, 0.25) is 0 Å². The minimum absolute atomic E-state index is 0.186. The van der Waals surface area contributed by atoms with Gasteiger partial charge in [0.15, 0.2) is 0 Å². The van der Waals surface area contributed by atoms with Crippen LogP contribution in [0, 0.1) is 46.3 Å². The summed E-state index contributed by atoms with van der Waals surface area (Å²) in [7, 11) is 0. The molecule has 4 aliphatic rings. The lowest BCUT2D eigenvalue weighted by molar-refractivity contribution is -0.137. The number of benzene rings is 2. The highest BCUT2D eigenvalue weighted by Crippen LogP contribution is 2.67. The second kappa shape index (κ2) is 19.8. The molecule has 0 bridgehead atoms. The summed E-state index contributed by atoms with van der Waals surface area (Å²) >= 11 is 0. The topological polar surface area (TPSA) is 97.4 Å². The minimum atomic E-state index is -0.700. The summed E-state index contributed by atoms with van der Waals surface area (Å²) in [4.78, 5) is 36.8. The smallest absolute Gasteiger partial charge is 0.494 e. The molecule has 0 heterocycles. The highest BCUT2D eigenvalue weighted by atomic mass is 16.7. The molecular weight excluding hydrogens is 729 g/mol. The van der Waals surface area contributed by atoms with Crippen LogP contribution in [-0.2, 0) is 14.3 Å². The molecular formula is C50H68O8. The maximum absolute atomic E-state index is 13.0. The SMILES string of the molecule is C=CC(=O)OCCCCCCOc1ccc(C(=O)Oc2ccc(OC(=O)OC3CC[C@@]4(C)C(=CC[C@H]5[C@@H]6CC[C@H]([C@H](C)CCCC(C)C)[C@@]6(C)CC[C@@H]54)C3)cc2)cc1. The van der Waals surface area contributed by atoms with Crippen LogP contribution < -0.4 is 14.2 Å². The quantitative estimate of drug-likeness (QED) is 0.0367. The summed E-state index contributed by atoms with van der Waals surface area (Å²) in [5.41, 5.74) is 2.54. The number of fused-ring (bicyclic) bond motifs is 5. The fourth-order valence-electron chi connectivity index (χ4n) is 11.4. The summed E-state index contributed by atoms with van der Waals surface area (Å²) < 4.78 is 27.8. The number of unbranched alkanes of at least 4 members (excludes halogenated alkanes) is 3. The molecule has 6 rings (SSSR count). The van der Waals surface area contributed by atoms with Crippen molar-refractivity contribution in [1.29, 1.82) is 0 Å². The highest BCUT2D eigenvalue weighted by Gasteiger charge is 2.59. The number of hydrogen-bond donors (Lipinski definition) is 0. The molecule has 8 atom stereocenters. The minimum Gasteiger partial charge on any atom is -0.494 e. The van der Waals surface area contributed by atoms with E-state index in [1.54, 1.807) is 48.5 Å². The van der Waals surface area contributed by atoms with E-state index in [1.165, 1.54) is 63.0 Å². The average molecular weight is 797 g/mol. The molecule has 0 N–H and O–H groups in total. The molecule has 0 aromatic heterocycles. The molecule has 0 amide bonds. The lowest BCUT2D eigenvalue weighted by atomic mass is 9.47. The van der Waals surface area contributed by atoms with E-state index in [0.717, 1.165) is 80.5 Å². The van der Waals surface area contributed by atoms with Crippen molar-refractivity contribution in [2.45, 2.75) is 137 Å². The van der Waals surface area contributed by atoms with E-state index < -0.39 is 18.1 Å². The molecule has 3 saturated carbocycles. The Kier molecular flexibility index (Phi) is 14.8. The normalized spacial score (nSPS) is 27.9. The predicted octanol–water partition coefficient (Wildman–Crippen LogP) is 12.5. The largest absolute Gasteiger partial charge is 0.514 e. The Balaban J connectivity index is 0.918. The maximum Gasteiger partial charge on any atom is 0.514 e. The van der Waals surface area contributed by atoms with Gasteiger partial charge in [0.25, 0.3) is 0 Å². The summed E-state index contributed by atoms with van der Waals surface area (Å²) in [6.45, 7) is 16.7. The van der Waals surface area contributed by atoms with Crippen molar-refractivity contribution in [3.63, 3.8) is 0 Å².